The monoisotopic (exact) mass is 200 g/mol. The van der Waals surface area contributed by atoms with Crippen LogP contribution in [-0.4, -0.2) is 23.8 Å². The number of carboxylic acid groups (broad SMARTS) is 1. The van der Waals surface area contributed by atoms with Gasteiger partial charge in [-0.2, -0.15) is 0 Å². The fourth-order valence-electron chi connectivity index (χ4n) is 1.92. The molecule has 1 aliphatic carbocycles. The maximum absolute atomic E-state index is 10.2. The quantitative estimate of drug-likeness (QED) is 0.642. The number of aliphatic carboxylic acids is 1. The number of hydrogen-bond acceptors (Lipinski definition) is 2. The Balaban J connectivity index is 1.92. The molecule has 0 radical (unpaired) electrons. The molecule has 0 bridgehead atoms. The Morgan fingerprint density at radius 2 is 2.14 bits per heavy atom. The van der Waals surface area contributed by atoms with Gasteiger partial charge in [-0.05, 0) is 18.8 Å². The Morgan fingerprint density at radius 3 is 2.71 bits per heavy atom. The van der Waals surface area contributed by atoms with Crippen molar-refractivity contribution >= 4 is 5.97 Å². The van der Waals surface area contributed by atoms with Gasteiger partial charge in [0.2, 0.25) is 0 Å². The summed E-state index contributed by atoms with van der Waals surface area (Å²) >= 11 is 0. The zero-order valence-electron chi connectivity index (χ0n) is 8.87. The van der Waals surface area contributed by atoms with E-state index in [-0.39, 0.29) is 12.7 Å². The Morgan fingerprint density at radius 1 is 1.43 bits per heavy atom. The summed E-state index contributed by atoms with van der Waals surface area (Å²) in [5.41, 5.74) is 0. The maximum Gasteiger partial charge on any atom is 0.329 e. The lowest BCUT2D eigenvalue weighted by molar-refractivity contribution is -0.147. The Bertz CT molecular complexity index is 173. The second-order valence-corrected chi connectivity index (χ2v) is 4.16. The standard InChI is InChI=1S/C11H20O3/c1-2-3-4-5-9-6-10(7-9)14-8-11(12)13/h9-10H,2-8H2,1H3,(H,12,13). The van der Waals surface area contributed by atoms with E-state index in [1.165, 1.54) is 25.7 Å². The number of carbonyl (C=O) groups is 1. The lowest BCUT2D eigenvalue weighted by Crippen LogP contribution is -2.32. The molecule has 0 heterocycles. The van der Waals surface area contributed by atoms with E-state index in [1.807, 2.05) is 0 Å². The Kier molecular flexibility index (Phi) is 4.94. The van der Waals surface area contributed by atoms with Crippen molar-refractivity contribution < 1.29 is 14.6 Å². The van der Waals surface area contributed by atoms with Crippen LogP contribution in [0.5, 0.6) is 0 Å². The molecule has 14 heavy (non-hydrogen) atoms. The van der Waals surface area contributed by atoms with Crippen LogP contribution in [0.4, 0.5) is 0 Å². The molecule has 1 rings (SSSR count). The van der Waals surface area contributed by atoms with E-state index in [9.17, 15) is 4.79 Å². The van der Waals surface area contributed by atoms with E-state index in [2.05, 4.69) is 6.92 Å². The van der Waals surface area contributed by atoms with Crippen LogP contribution in [0.1, 0.15) is 45.4 Å². The molecule has 3 heteroatoms. The van der Waals surface area contributed by atoms with Crippen molar-refractivity contribution in [2.45, 2.75) is 51.6 Å². The summed E-state index contributed by atoms with van der Waals surface area (Å²) in [5.74, 6) is -0.0697. The molecule has 0 aliphatic heterocycles. The minimum atomic E-state index is -0.862. The van der Waals surface area contributed by atoms with E-state index in [0.717, 1.165) is 18.8 Å². The minimum Gasteiger partial charge on any atom is -0.480 e. The van der Waals surface area contributed by atoms with Gasteiger partial charge in [-0.25, -0.2) is 4.79 Å². The minimum absolute atomic E-state index is 0.133. The first-order valence-electron chi connectivity index (χ1n) is 5.55. The molecule has 0 aromatic heterocycles. The topological polar surface area (TPSA) is 46.5 Å². The molecule has 0 aromatic carbocycles. The van der Waals surface area contributed by atoms with Crippen LogP contribution >= 0.6 is 0 Å². The summed E-state index contributed by atoms with van der Waals surface area (Å²) in [6.07, 6.45) is 7.54. The van der Waals surface area contributed by atoms with E-state index in [0.29, 0.717) is 0 Å². The Hall–Kier alpha value is -0.570. The van der Waals surface area contributed by atoms with Crippen molar-refractivity contribution in [3.05, 3.63) is 0 Å². The number of rotatable bonds is 7. The van der Waals surface area contributed by atoms with Crippen molar-refractivity contribution in [3.63, 3.8) is 0 Å². The van der Waals surface area contributed by atoms with Crippen LogP contribution in [0.25, 0.3) is 0 Å². The predicted octanol–water partition coefficient (Wildman–Crippen LogP) is 2.45. The van der Waals surface area contributed by atoms with Gasteiger partial charge in [0.25, 0.3) is 0 Å². The molecule has 1 aliphatic rings. The van der Waals surface area contributed by atoms with Gasteiger partial charge in [-0.1, -0.05) is 32.6 Å². The van der Waals surface area contributed by atoms with Crippen LogP contribution in [0.2, 0.25) is 0 Å². The van der Waals surface area contributed by atoms with Crippen LogP contribution < -0.4 is 0 Å². The zero-order valence-corrected chi connectivity index (χ0v) is 8.87. The number of ether oxygens (including phenoxy) is 1. The van der Waals surface area contributed by atoms with E-state index in [4.69, 9.17) is 9.84 Å². The smallest absolute Gasteiger partial charge is 0.329 e. The molecule has 1 fully saturated rings. The largest absolute Gasteiger partial charge is 0.480 e. The molecule has 0 saturated heterocycles. The zero-order chi connectivity index (χ0) is 10.4. The van der Waals surface area contributed by atoms with Gasteiger partial charge >= 0.3 is 5.97 Å². The molecule has 82 valence electrons. The third-order valence-corrected chi connectivity index (χ3v) is 2.85. The van der Waals surface area contributed by atoms with Gasteiger partial charge in [0.05, 0.1) is 6.10 Å². The normalized spacial score (nSPS) is 25.8. The second kappa shape index (κ2) is 6.02. The number of unbranched alkanes of at least 4 members (excludes halogenated alkanes) is 2. The van der Waals surface area contributed by atoms with Gasteiger partial charge in [0.1, 0.15) is 6.61 Å². The maximum atomic E-state index is 10.2. The molecule has 0 atom stereocenters. The molecule has 0 spiro atoms. The van der Waals surface area contributed by atoms with Crippen molar-refractivity contribution in [3.8, 4) is 0 Å². The Labute approximate surface area is 85.5 Å². The summed E-state index contributed by atoms with van der Waals surface area (Å²) in [4.78, 5) is 10.2. The van der Waals surface area contributed by atoms with Gasteiger partial charge in [-0.3, -0.25) is 0 Å². The molecular weight excluding hydrogens is 180 g/mol. The highest BCUT2D eigenvalue weighted by atomic mass is 16.5. The fraction of sp³-hybridized carbons (Fsp3) is 0.909. The van der Waals surface area contributed by atoms with Crippen molar-refractivity contribution in [2.24, 2.45) is 5.92 Å². The highest BCUT2D eigenvalue weighted by Crippen LogP contribution is 2.33. The van der Waals surface area contributed by atoms with Gasteiger partial charge < -0.3 is 9.84 Å². The van der Waals surface area contributed by atoms with Crippen molar-refractivity contribution in [2.75, 3.05) is 6.61 Å². The van der Waals surface area contributed by atoms with E-state index in [1.54, 1.807) is 0 Å². The van der Waals surface area contributed by atoms with Crippen LogP contribution in [0.15, 0.2) is 0 Å². The first-order chi connectivity index (χ1) is 6.72. The molecule has 3 nitrogen and oxygen atoms in total. The van der Waals surface area contributed by atoms with Crippen LogP contribution in [-0.2, 0) is 9.53 Å². The summed E-state index contributed by atoms with van der Waals surface area (Å²) in [7, 11) is 0. The van der Waals surface area contributed by atoms with Gasteiger partial charge in [0, 0.05) is 0 Å². The second-order valence-electron chi connectivity index (χ2n) is 4.16. The van der Waals surface area contributed by atoms with Crippen molar-refractivity contribution in [1.82, 2.24) is 0 Å². The first kappa shape index (κ1) is 11.5. The van der Waals surface area contributed by atoms with Crippen molar-refractivity contribution in [1.29, 1.82) is 0 Å². The predicted molar refractivity (Wildman–Crippen MR) is 54.2 cm³/mol. The first-order valence-corrected chi connectivity index (χ1v) is 5.55. The van der Waals surface area contributed by atoms with Crippen LogP contribution in [0, 0.1) is 5.92 Å². The molecular formula is C11H20O3. The lowest BCUT2D eigenvalue weighted by atomic mass is 9.79. The third-order valence-electron chi connectivity index (χ3n) is 2.85. The molecule has 0 amide bonds. The average molecular weight is 200 g/mol. The number of carboxylic acids is 1. The average Bonchev–Trinajstić information content (AvgIpc) is 2.07. The van der Waals surface area contributed by atoms with Crippen LogP contribution in [0.3, 0.4) is 0 Å². The highest BCUT2D eigenvalue weighted by Gasteiger charge is 2.29. The lowest BCUT2D eigenvalue weighted by Gasteiger charge is -2.34. The van der Waals surface area contributed by atoms with E-state index >= 15 is 0 Å². The van der Waals surface area contributed by atoms with Gasteiger partial charge in [-0.15, -0.1) is 0 Å². The molecule has 1 saturated carbocycles. The molecule has 0 aromatic rings. The summed E-state index contributed by atoms with van der Waals surface area (Å²) < 4.78 is 5.18. The van der Waals surface area contributed by atoms with E-state index < -0.39 is 5.97 Å². The summed E-state index contributed by atoms with van der Waals surface area (Å²) in [5, 5.41) is 8.40. The summed E-state index contributed by atoms with van der Waals surface area (Å²) in [6, 6.07) is 0. The van der Waals surface area contributed by atoms with Gasteiger partial charge in [0.15, 0.2) is 0 Å². The SMILES string of the molecule is CCCCCC1CC(OCC(=O)O)C1. The highest BCUT2D eigenvalue weighted by molar-refractivity contribution is 5.68. The molecule has 0 unspecified atom stereocenters. The third kappa shape index (κ3) is 4.09. The fourth-order valence-corrected chi connectivity index (χ4v) is 1.92. The number of hydrogen-bond donors (Lipinski definition) is 1. The summed E-state index contributed by atoms with van der Waals surface area (Å²) in [6.45, 7) is 2.08. The molecule has 1 N–H and O–H groups in total.